The number of aliphatic imine (C=N–C) groups is 1. The van der Waals surface area contributed by atoms with E-state index in [1.54, 1.807) is 18.3 Å². The first-order valence-electron chi connectivity index (χ1n) is 17.2. The van der Waals surface area contributed by atoms with Crippen LogP contribution in [-0.4, -0.2) is 76.7 Å². The molecule has 0 spiro atoms. The Labute approximate surface area is 300 Å². The summed E-state index contributed by atoms with van der Waals surface area (Å²) in [4.78, 5) is 76.3. The number of carbonyl (C=O) groups excluding carboxylic acids is 5. The molecule has 0 saturated carbocycles. The molecular weight excluding hydrogens is 664 g/mol. The number of phenolic OH excluding ortho intramolecular Hbond substituents is 1. The molecule has 14 nitrogen and oxygen atoms in total. The molecule has 4 atom stereocenters. The first-order chi connectivity index (χ1) is 25.0. The Morgan fingerprint density at radius 2 is 1.37 bits per heavy atom. The van der Waals surface area contributed by atoms with Crippen molar-refractivity contribution in [2.45, 2.75) is 56.7 Å². The van der Waals surface area contributed by atoms with Crippen molar-refractivity contribution in [3.05, 3.63) is 102 Å². The highest BCUT2D eigenvalue weighted by atomic mass is 16.3. The molecule has 1 aromatic heterocycles. The molecule has 14 heteroatoms. The lowest BCUT2D eigenvalue weighted by Crippen LogP contribution is -2.57. The van der Waals surface area contributed by atoms with Gasteiger partial charge in [0.2, 0.25) is 23.6 Å². The van der Waals surface area contributed by atoms with Crippen molar-refractivity contribution in [1.29, 1.82) is 0 Å². The number of fused-ring (bicyclic) bond motifs is 1. The molecular formula is C38H44N8O6. The van der Waals surface area contributed by atoms with E-state index in [9.17, 15) is 29.1 Å². The van der Waals surface area contributed by atoms with Gasteiger partial charge in [0.25, 0.3) is 0 Å². The number of carbonyl (C=O) groups is 5. The van der Waals surface area contributed by atoms with Crippen LogP contribution in [0.3, 0.4) is 0 Å². The smallest absolute Gasteiger partial charge is 0.243 e. The van der Waals surface area contributed by atoms with Gasteiger partial charge in [-0.15, -0.1) is 0 Å². The number of nitrogens with zero attached hydrogens (tertiary/aromatic N) is 1. The molecule has 3 aromatic carbocycles. The monoisotopic (exact) mass is 708 g/mol. The van der Waals surface area contributed by atoms with Gasteiger partial charge in [-0.2, -0.15) is 0 Å². The maximum atomic E-state index is 14.1. The number of guanidine groups is 1. The van der Waals surface area contributed by atoms with Gasteiger partial charge in [0.05, 0.1) is 12.6 Å². The SMILES string of the molecule is NC(N)=NCCC[C@@H]1NC(=O)[C@H](Cc2ccccc2)NC(=O)[C@@H](Cc2ccc(O)cc2)NC(=O)CNC(=O)[C@@H](Cc2c[nH]c3ccccc23)CC1=O. The molecule has 1 saturated heterocycles. The molecule has 1 aliphatic heterocycles. The van der Waals surface area contributed by atoms with Gasteiger partial charge in [-0.3, -0.25) is 29.0 Å². The van der Waals surface area contributed by atoms with Gasteiger partial charge >= 0.3 is 0 Å². The summed E-state index contributed by atoms with van der Waals surface area (Å²) < 4.78 is 0. The minimum absolute atomic E-state index is 0.0283. The molecule has 10 N–H and O–H groups in total. The Hall–Kier alpha value is -6.18. The molecule has 52 heavy (non-hydrogen) atoms. The number of nitrogens with two attached hydrogens (primary N) is 2. The lowest BCUT2D eigenvalue weighted by atomic mass is 9.90. The largest absolute Gasteiger partial charge is 0.508 e. The molecule has 4 amide bonds. The standard InChI is InChI=1S/C38H44N8O6/c39-38(40)41-16-6-11-30-33(48)20-25(19-26-21-42-29-10-5-4-9-28(26)29)35(50)43-22-34(49)44-31(18-24-12-14-27(47)15-13-24)36(51)46-32(37(52)45-30)17-23-7-2-1-3-8-23/h1-5,7-10,12-15,21,25,30-32,42,47H,6,11,16-20,22H2,(H,43,50)(H,44,49)(H,45,52)(H,46,51)(H4,39,40,41)/t25-,30-,31+,32-/m0/s1. The summed E-state index contributed by atoms with van der Waals surface area (Å²) in [7, 11) is 0. The number of hydrogen-bond acceptors (Lipinski definition) is 7. The highest BCUT2D eigenvalue weighted by Crippen LogP contribution is 2.23. The molecule has 2 heterocycles. The molecule has 0 bridgehead atoms. The van der Waals surface area contributed by atoms with Crippen molar-refractivity contribution in [3.63, 3.8) is 0 Å². The fourth-order valence-electron chi connectivity index (χ4n) is 6.26. The Morgan fingerprint density at radius 3 is 2.08 bits per heavy atom. The van der Waals surface area contributed by atoms with Crippen LogP contribution in [0, 0.1) is 5.92 Å². The summed E-state index contributed by atoms with van der Waals surface area (Å²) in [5, 5.41) is 21.7. The summed E-state index contributed by atoms with van der Waals surface area (Å²) in [5.74, 6) is -3.79. The number of Topliss-reactive ketones (excluding diaryl/α,β-unsaturated/α-hetero) is 1. The van der Waals surface area contributed by atoms with E-state index in [2.05, 4.69) is 31.2 Å². The van der Waals surface area contributed by atoms with Crippen LogP contribution in [0.1, 0.15) is 36.0 Å². The van der Waals surface area contributed by atoms with Crippen LogP contribution >= 0.6 is 0 Å². The average Bonchev–Trinajstić information content (AvgIpc) is 3.54. The fraction of sp³-hybridized carbons (Fsp3) is 0.316. The topological polar surface area (TPSA) is 234 Å². The first-order valence-corrected chi connectivity index (χ1v) is 17.2. The summed E-state index contributed by atoms with van der Waals surface area (Å²) in [6.07, 6.45) is 2.36. The quantitative estimate of drug-likeness (QED) is 0.0674. The predicted molar refractivity (Wildman–Crippen MR) is 196 cm³/mol. The van der Waals surface area contributed by atoms with Crippen molar-refractivity contribution < 1.29 is 29.1 Å². The number of ketones is 1. The van der Waals surface area contributed by atoms with E-state index < -0.39 is 60.0 Å². The highest BCUT2D eigenvalue weighted by Gasteiger charge is 2.33. The van der Waals surface area contributed by atoms with Gasteiger partial charge in [-0.25, -0.2) is 0 Å². The lowest BCUT2D eigenvalue weighted by molar-refractivity contribution is -0.133. The average molecular weight is 709 g/mol. The molecule has 0 unspecified atom stereocenters. The first kappa shape index (κ1) is 37.1. The van der Waals surface area contributed by atoms with E-state index in [1.165, 1.54) is 12.1 Å². The van der Waals surface area contributed by atoms with E-state index in [4.69, 9.17) is 11.5 Å². The maximum Gasteiger partial charge on any atom is 0.243 e. The predicted octanol–water partition coefficient (Wildman–Crippen LogP) is 1.11. The Balaban J connectivity index is 1.48. The number of rotatable bonds is 10. The van der Waals surface area contributed by atoms with Gasteiger partial charge in [0.15, 0.2) is 11.7 Å². The second-order valence-electron chi connectivity index (χ2n) is 12.9. The van der Waals surface area contributed by atoms with Gasteiger partial charge < -0.3 is 42.8 Å². The van der Waals surface area contributed by atoms with Crippen molar-refractivity contribution >= 4 is 46.3 Å². The number of phenols is 1. The van der Waals surface area contributed by atoms with Crippen molar-refractivity contribution in [3.8, 4) is 5.75 Å². The van der Waals surface area contributed by atoms with E-state index in [-0.39, 0.29) is 50.4 Å². The van der Waals surface area contributed by atoms with Crippen LogP contribution in [0.25, 0.3) is 10.9 Å². The molecule has 1 fully saturated rings. The van der Waals surface area contributed by atoms with Crippen molar-refractivity contribution in [2.75, 3.05) is 13.1 Å². The summed E-state index contributed by atoms with van der Waals surface area (Å²) in [5.41, 5.74) is 14.1. The Morgan fingerprint density at radius 1 is 0.731 bits per heavy atom. The highest BCUT2D eigenvalue weighted by molar-refractivity contribution is 5.97. The third-order valence-corrected chi connectivity index (χ3v) is 8.98. The summed E-state index contributed by atoms with van der Waals surface area (Å²) in [6.45, 7) is -0.249. The second-order valence-corrected chi connectivity index (χ2v) is 12.9. The van der Waals surface area contributed by atoms with Crippen LogP contribution in [0.4, 0.5) is 0 Å². The number of benzene rings is 3. The minimum atomic E-state index is -1.15. The molecule has 272 valence electrons. The van der Waals surface area contributed by atoms with E-state index >= 15 is 0 Å². The van der Waals surface area contributed by atoms with Crippen molar-refractivity contribution in [1.82, 2.24) is 26.3 Å². The molecule has 0 radical (unpaired) electrons. The molecule has 1 aliphatic rings. The number of nitrogens with one attached hydrogen (secondary N) is 5. The number of amides is 4. The fourth-order valence-corrected chi connectivity index (χ4v) is 6.26. The normalized spacial score (nSPS) is 20.5. The third kappa shape index (κ3) is 10.4. The lowest BCUT2D eigenvalue weighted by Gasteiger charge is -2.26. The van der Waals surface area contributed by atoms with Gasteiger partial charge in [-0.1, -0.05) is 60.7 Å². The number of H-pyrrole nitrogens is 1. The third-order valence-electron chi connectivity index (χ3n) is 8.98. The zero-order valence-electron chi connectivity index (χ0n) is 28.6. The van der Waals surface area contributed by atoms with Crippen LogP contribution in [-0.2, 0) is 43.2 Å². The van der Waals surface area contributed by atoms with E-state index in [0.29, 0.717) is 12.0 Å². The number of hydrogen-bond donors (Lipinski definition) is 8. The number of aromatic amines is 1. The summed E-state index contributed by atoms with van der Waals surface area (Å²) in [6, 6.07) is 19.5. The second kappa shape index (κ2) is 17.7. The Kier molecular flexibility index (Phi) is 12.6. The maximum absolute atomic E-state index is 14.1. The van der Waals surface area contributed by atoms with Crippen LogP contribution in [0.5, 0.6) is 5.75 Å². The number of aromatic hydroxyl groups is 1. The van der Waals surface area contributed by atoms with Gasteiger partial charge in [0.1, 0.15) is 17.8 Å². The van der Waals surface area contributed by atoms with Gasteiger partial charge in [-0.05, 0) is 54.2 Å². The summed E-state index contributed by atoms with van der Waals surface area (Å²) >= 11 is 0. The molecule has 5 rings (SSSR count). The van der Waals surface area contributed by atoms with Crippen LogP contribution < -0.4 is 32.7 Å². The van der Waals surface area contributed by atoms with E-state index in [1.807, 2.05) is 54.6 Å². The molecule has 4 aromatic rings. The van der Waals surface area contributed by atoms with Gasteiger partial charge in [0, 0.05) is 48.8 Å². The molecule has 0 aliphatic carbocycles. The van der Waals surface area contributed by atoms with E-state index in [0.717, 1.165) is 22.0 Å². The van der Waals surface area contributed by atoms with Crippen LogP contribution in [0.15, 0.2) is 90.1 Å². The number of para-hydroxylation sites is 1. The van der Waals surface area contributed by atoms with Crippen molar-refractivity contribution in [2.24, 2.45) is 22.4 Å². The van der Waals surface area contributed by atoms with Crippen LogP contribution in [0.2, 0.25) is 0 Å². The minimum Gasteiger partial charge on any atom is -0.508 e. The number of aromatic nitrogens is 1. The zero-order valence-corrected chi connectivity index (χ0v) is 28.6. The zero-order chi connectivity index (χ0) is 37.0. The Bertz CT molecular complexity index is 1910.